The molecule has 0 bridgehead atoms. The predicted octanol–water partition coefficient (Wildman–Crippen LogP) is 4.60. The third-order valence-electron chi connectivity index (χ3n) is 4.12. The molecule has 1 aliphatic carbocycles. The van der Waals surface area contributed by atoms with Crippen LogP contribution in [0.5, 0.6) is 0 Å². The first-order valence-electron chi connectivity index (χ1n) is 6.68. The number of halogens is 1. The van der Waals surface area contributed by atoms with Crippen molar-refractivity contribution >= 4 is 27.3 Å². The first kappa shape index (κ1) is 13.6. The zero-order chi connectivity index (χ0) is 12.3. The molecule has 2 rings (SSSR count). The highest BCUT2D eigenvalue weighted by Crippen LogP contribution is 2.34. The molecule has 0 radical (unpaired) electrons. The van der Waals surface area contributed by atoms with Crippen LogP contribution in [-0.2, 0) is 6.42 Å². The maximum Gasteiger partial charge on any atom is 0.0314 e. The molecular weight excluding hydrogens is 294 g/mol. The average Bonchev–Trinajstić information content (AvgIpc) is 2.75. The predicted molar refractivity (Wildman–Crippen MR) is 79.4 cm³/mol. The highest BCUT2D eigenvalue weighted by atomic mass is 79.9. The van der Waals surface area contributed by atoms with Gasteiger partial charge in [-0.1, -0.05) is 26.2 Å². The Labute approximate surface area is 117 Å². The molecule has 0 saturated heterocycles. The largest absolute Gasteiger partial charge is 0.327 e. The number of hydrogen-bond acceptors (Lipinski definition) is 2. The van der Waals surface area contributed by atoms with Crippen molar-refractivity contribution in [3.05, 3.63) is 20.8 Å². The fraction of sp³-hybridized carbons (Fsp3) is 0.714. The molecule has 1 aromatic rings. The van der Waals surface area contributed by atoms with Crippen molar-refractivity contribution in [1.82, 2.24) is 0 Å². The summed E-state index contributed by atoms with van der Waals surface area (Å²) in [4.78, 5) is 1.41. The lowest BCUT2D eigenvalue weighted by molar-refractivity contribution is 0.229. The SMILES string of the molecule is CCC1CCCC(C(N)Cc2sccc2Br)C1. The van der Waals surface area contributed by atoms with E-state index in [1.54, 1.807) is 0 Å². The molecule has 1 aliphatic rings. The van der Waals surface area contributed by atoms with E-state index in [0.717, 1.165) is 18.3 Å². The van der Waals surface area contributed by atoms with Crippen LogP contribution in [-0.4, -0.2) is 6.04 Å². The highest BCUT2D eigenvalue weighted by Gasteiger charge is 2.26. The van der Waals surface area contributed by atoms with Crippen molar-refractivity contribution in [3.8, 4) is 0 Å². The van der Waals surface area contributed by atoms with Gasteiger partial charge in [-0.15, -0.1) is 11.3 Å². The van der Waals surface area contributed by atoms with E-state index >= 15 is 0 Å². The van der Waals surface area contributed by atoms with Gasteiger partial charge >= 0.3 is 0 Å². The molecule has 0 spiro atoms. The second kappa shape index (κ2) is 6.35. The number of hydrogen-bond donors (Lipinski definition) is 1. The molecule has 96 valence electrons. The van der Waals surface area contributed by atoms with Gasteiger partial charge < -0.3 is 5.73 Å². The first-order chi connectivity index (χ1) is 8.20. The molecule has 0 amide bonds. The van der Waals surface area contributed by atoms with E-state index in [2.05, 4.69) is 34.3 Å². The first-order valence-corrected chi connectivity index (χ1v) is 8.35. The van der Waals surface area contributed by atoms with Crippen LogP contribution in [0.25, 0.3) is 0 Å². The Morgan fingerprint density at radius 2 is 2.35 bits per heavy atom. The normalized spacial score (nSPS) is 27.0. The van der Waals surface area contributed by atoms with Gasteiger partial charge in [0.25, 0.3) is 0 Å². The fourth-order valence-corrected chi connectivity index (χ4v) is 4.53. The molecule has 3 atom stereocenters. The lowest BCUT2D eigenvalue weighted by Crippen LogP contribution is -2.35. The van der Waals surface area contributed by atoms with Crippen LogP contribution in [0.3, 0.4) is 0 Å². The number of rotatable bonds is 4. The lowest BCUT2D eigenvalue weighted by Gasteiger charge is -2.32. The second-order valence-electron chi connectivity index (χ2n) is 5.26. The van der Waals surface area contributed by atoms with Crippen LogP contribution in [0.1, 0.15) is 43.9 Å². The molecule has 3 heteroatoms. The van der Waals surface area contributed by atoms with Crippen molar-refractivity contribution in [2.24, 2.45) is 17.6 Å². The molecule has 0 aromatic carbocycles. The van der Waals surface area contributed by atoms with Crippen molar-refractivity contribution < 1.29 is 0 Å². The molecule has 3 unspecified atom stereocenters. The summed E-state index contributed by atoms with van der Waals surface area (Å²) < 4.78 is 1.24. The third-order valence-corrected chi connectivity index (χ3v) is 6.07. The molecule has 1 aromatic heterocycles. The summed E-state index contributed by atoms with van der Waals surface area (Å²) in [6, 6.07) is 2.47. The lowest BCUT2D eigenvalue weighted by atomic mass is 9.76. The molecule has 1 fully saturated rings. The Morgan fingerprint density at radius 3 is 3.00 bits per heavy atom. The molecule has 1 nitrogen and oxygen atoms in total. The quantitative estimate of drug-likeness (QED) is 0.863. The Balaban J connectivity index is 1.91. The van der Waals surface area contributed by atoms with E-state index in [4.69, 9.17) is 5.73 Å². The van der Waals surface area contributed by atoms with Crippen molar-refractivity contribution in [1.29, 1.82) is 0 Å². The summed E-state index contributed by atoms with van der Waals surface area (Å²) in [7, 11) is 0. The monoisotopic (exact) mass is 315 g/mol. The summed E-state index contributed by atoms with van der Waals surface area (Å²) in [6.07, 6.45) is 7.84. The summed E-state index contributed by atoms with van der Waals surface area (Å²) in [6.45, 7) is 2.31. The fourth-order valence-electron chi connectivity index (χ4n) is 2.94. The third kappa shape index (κ3) is 3.55. The molecule has 17 heavy (non-hydrogen) atoms. The van der Waals surface area contributed by atoms with Crippen LogP contribution in [0.4, 0.5) is 0 Å². The van der Waals surface area contributed by atoms with Gasteiger partial charge in [-0.3, -0.25) is 0 Å². The molecular formula is C14H22BrNS. The van der Waals surface area contributed by atoms with Gasteiger partial charge in [0, 0.05) is 15.4 Å². The summed E-state index contributed by atoms with van der Waals surface area (Å²) in [5.41, 5.74) is 6.41. The van der Waals surface area contributed by atoms with Crippen molar-refractivity contribution in [3.63, 3.8) is 0 Å². The van der Waals surface area contributed by atoms with E-state index in [-0.39, 0.29) is 0 Å². The summed E-state index contributed by atoms with van der Waals surface area (Å²) in [5.74, 6) is 1.66. The highest BCUT2D eigenvalue weighted by molar-refractivity contribution is 9.10. The molecule has 2 N–H and O–H groups in total. The molecule has 1 saturated carbocycles. The number of thiophene rings is 1. The van der Waals surface area contributed by atoms with Gasteiger partial charge in [0.05, 0.1) is 0 Å². The van der Waals surface area contributed by atoms with Crippen LogP contribution in [0, 0.1) is 11.8 Å². The maximum atomic E-state index is 6.41. The smallest absolute Gasteiger partial charge is 0.0314 e. The van der Waals surface area contributed by atoms with Crippen LogP contribution in [0.15, 0.2) is 15.9 Å². The van der Waals surface area contributed by atoms with E-state index in [9.17, 15) is 0 Å². The van der Waals surface area contributed by atoms with E-state index < -0.39 is 0 Å². The van der Waals surface area contributed by atoms with Gasteiger partial charge in [0.2, 0.25) is 0 Å². The molecule has 0 aliphatic heterocycles. The Morgan fingerprint density at radius 1 is 1.53 bits per heavy atom. The Kier molecular flexibility index (Phi) is 5.07. The van der Waals surface area contributed by atoms with Gasteiger partial charge in [0.1, 0.15) is 0 Å². The topological polar surface area (TPSA) is 26.0 Å². The van der Waals surface area contributed by atoms with Crippen molar-refractivity contribution in [2.75, 3.05) is 0 Å². The summed E-state index contributed by atoms with van der Waals surface area (Å²) >= 11 is 5.42. The standard InChI is InChI=1S/C14H22BrNS/c1-2-10-4-3-5-11(8-10)13(16)9-14-12(15)6-7-17-14/h6-7,10-11,13H,2-5,8-9,16H2,1H3. The summed E-state index contributed by atoms with van der Waals surface area (Å²) in [5, 5.41) is 2.14. The Hall–Kier alpha value is 0.140. The van der Waals surface area contributed by atoms with E-state index in [0.29, 0.717) is 6.04 Å². The second-order valence-corrected chi connectivity index (χ2v) is 7.12. The molecule has 1 heterocycles. The zero-order valence-electron chi connectivity index (χ0n) is 10.5. The minimum absolute atomic E-state index is 0.347. The maximum absolute atomic E-state index is 6.41. The minimum atomic E-state index is 0.347. The van der Waals surface area contributed by atoms with E-state index in [1.807, 2.05) is 11.3 Å². The van der Waals surface area contributed by atoms with Gasteiger partial charge in [0.15, 0.2) is 0 Å². The Bertz CT molecular complexity index is 350. The van der Waals surface area contributed by atoms with Crippen LogP contribution >= 0.6 is 27.3 Å². The average molecular weight is 316 g/mol. The van der Waals surface area contributed by atoms with Crippen LogP contribution < -0.4 is 5.73 Å². The van der Waals surface area contributed by atoms with Crippen LogP contribution in [0.2, 0.25) is 0 Å². The van der Waals surface area contributed by atoms with Gasteiger partial charge in [-0.2, -0.15) is 0 Å². The minimum Gasteiger partial charge on any atom is -0.327 e. The number of nitrogens with two attached hydrogens (primary N) is 1. The zero-order valence-corrected chi connectivity index (χ0v) is 12.9. The van der Waals surface area contributed by atoms with Crippen molar-refractivity contribution in [2.45, 2.75) is 51.5 Å². The van der Waals surface area contributed by atoms with E-state index in [1.165, 1.54) is 41.5 Å². The van der Waals surface area contributed by atoms with Gasteiger partial charge in [-0.05, 0) is 58.5 Å². The van der Waals surface area contributed by atoms with Gasteiger partial charge in [-0.25, -0.2) is 0 Å².